The van der Waals surface area contributed by atoms with Crippen molar-refractivity contribution in [2.45, 2.75) is 40.0 Å². The summed E-state index contributed by atoms with van der Waals surface area (Å²) >= 11 is 0. The van der Waals surface area contributed by atoms with Gasteiger partial charge in [0.05, 0.1) is 11.3 Å². The molecule has 28 heavy (non-hydrogen) atoms. The van der Waals surface area contributed by atoms with Crippen LogP contribution in [0.4, 0.5) is 5.69 Å². The Hall–Kier alpha value is -2.88. The summed E-state index contributed by atoms with van der Waals surface area (Å²) in [6.45, 7) is 7.71. The third-order valence-corrected chi connectivity index (χ3v) is 5.79. The summed E-state index contributed by atoms with van der Waals surface area (Å²) in [6, 6.07) is 13.6. The van der Waals surface area contributed by atoms with Gasteiger partial charge >= 0.3 is 0 Å². The molecule has 4 nitrogen and oxygen atoms in total. The van der Waals surface area contributed by atoms with Crippen molar-refractivity contribution in [3.05, 3.63) is 70.4 Å². The van der Waals surface area contributed by atoms with Crippen LogP contribution in [0.2, 0.25) is 0 Å². The lowest BCUT2D eigenvalue weighted by Gasteiger charge is -2.29. The molecule has 2 aromatic carbocycles. The molecule has 0 unspecified atom stereocenters. The molecule has 0 atom stereocenters. The number of imide groups is 1. The Bertz CT molecular complexity index is 984. The Morgan fingerprint density at radius 3 is 2.21 bits per heavy atom. The summed E-state index contributed by atoms with van der Waals surface area (Å²) in [5, 5.41) is 0. The number of carbonyl (C=O) groups excluding carboxylic acids is 2. The zero-order chi connectivity index (χ0) is 19.8. The van der Waals surface area contributed by atoms with Gasteiger partial charge in [-0.1, -0.05) is 30.3 Å². The van der Waals surface area contributed by atoms with Crippen molar-refractivity contribution in [3.63, 3.8) is 0 Å². The number of benzene rings is 2. The SMILES string of the molecule is Cc1cccc(N2C(=O)C(c3ccc(C)c(C)c3)=C(N3CCCCC3)C2=O)c1. The van der Waals surface area contributed by atoms with Crippen LogP contribution in [-0.2, 0) is 9.59 Å². The molecular formula is C24H26N2O2. The van der Waals surface area contributed by atoms with Gasteiger partial charge in [-0.2, -0.15) is 0 Å². The number of amides is 2. The molecule has 0 aliphatic carbocycles. The lowest BCUT2D eigenvalue weighted by atomic mass is 9.98. The number of likely N-dealkylation sites (tertiary alicyclic amines) is 1. The van der Waals surface area contributed by atoms with E-state index in [0.717, 1.165) is 42.6 Å². The Balaban J connectivity index is 1.85. The maximum absolute atomic E-state index is 13.5. The quantitative estimate of drug-likeness (QED) is 0.749. The number of piperidine rings is 1. The van der Waals surface area contributed by atoms with Crippen molar-refractivity contribution in [2.24, 2.45) is 0 Å². The number of hydrogen-bond donors (Lipinski definition) is 0. The van der Waals surface area contributed by atoms with E-state index in [1.807, 2.05) is 56.3 Å². The van der Waals surface area contributed by atoms with Gasteiger partial charge in [0.25, 0.3) is 11.8 Å². The summed E-state index contributed by atoms with van der Waals surface area (Å²) in [7, 11) is 0. The average Bonchev–Trinajstić information content (AvgIpc) is 2.95. The predicted molar refractivity (Wildman–Crippen MR) is 112 cm³/mol. The van der Waals surface area contributed by atoms with Gasteiger partial charge < -0.3 is 4.90 Å². The first-order chi connectivity index (χ1) is 13.5. The molecule has 144 valence electrons. The maximum atomic E-state index is 13.5. The number of nitrogens with zero attached hydrogens (tertiary/aromatic N) is 2. The molecular weight excluding hydrogens is 348 g/mol. The van der Waals surface area contributed by atoms with Crippen LogP contribution in [0.5, 0.6) is 0 Å². The minimum Gasteiger partial charge on any atom is -0.366 e. The molecule has 2 amide bonds. The van der Waals surface area contributed by atoms with Crippen molar-refractivity contribution in [1.29, 1.82) is 0 Å². The van der Waals surface area contributed by atoms with Crippen LogP contribution in [0.15, 0.2) is 48.2 Å². The van der Waals surface area contributed by atoms with Crippen molar-refractivity contribution in [2.75, 3.05) is 18.0 Å². The molecule has 4 rings (SSSR count). The van der Waals surface area contributed by atoms with E-state index in [1.165, 1.54) is 16.9 Å². The van der Waals surface area contributed by atoms with Crippen molar-refractivity contribution >= 4 is 23.1 Å². The normalized spacial score (nSPS) is 17.7. The molecule has 2 aromatic rings. The van der Waals surface area contributed by atoms with Gasteiger partial charge in [0.15, 0.2) is 0 Å². The van der Waals surface area contributed by atoms with Crippen molar-refractivity contribution in [1.82, 2.24) is 4.90 Å². The highest BCUT2D eigenvalue weighted by Gasteiger charge is 2.42. The second-order valence-electron chi connectivity index (χ2n) is 7.86. The molecule has 2 aliphatic rings. The highest BCUT2D eigenvalue weighted by molar-refractivity contribution is 6.45. The first-order valence-electron chi connectivity index (χ1n) is 9.99. The van der Waals surface area contributed by atoms with Gasteiger partial charge in [0, 0.05) is 13.1 Å². The molecule has 0 spiro atoms. The van der Waals surface area contributed by atoms with E-state index in [0.29, 0.717) is 17.0 Å². The summed E-state index contributed by atoms with van der Waals surface area (Å²) < 4.78 is 0. The molecule has 0 N–H and O–H groups in total. The number of anilines is 1. The van der Waals surface area contributed by atoms with E-state index in [9.17, 15) is 9.59 Å². The highest BCUT2D eigenvalue weighted by atomic mass is 16.2. The number of carbonyl (C=O) groups is 2. The van der Waals surface area contributed by atoms with Gasteiger partial charge in [-0.15, -0.1) is 0 Å². The first-order valence-corrected chi connectivity index (χ1v) is 9.99. The molecule has 0 aromatic heterocycles. The van der Waals surface area contributed by atoms with Crippen LogP contribution in [0.1, 0.15) is 41.5 Å². The lowest BCUT2D eigenvalue weighted by molar-refractivity contribution is -0.120. The topological polar surface area (TPSA) is 40.6 Å². The third kappa shape index (κ3) is 3.13. The molecule has 2 aliphatic heterocycles. The Labute approximate surface area is 166 Å². The largest absolute Gasteiger partial charge is 0.366 e. The van der Waals surface area contributed by atoms with E-state index in [-0.39, 0.29) is 11.8 Å². The molecule has 1 saturated heterocycles. The van der Waals surface area contributed by atoms with Gasteiger partial charge in [-0.3, -0.25) is 9.59 Å². The van der Waals surface area contributed by atoms with Crippen LogP contribution < -0.4 is 4.90 Å². The minimum atomic E-state index is -0.223. The van der Waals surface area contributed by atoms with Gasteiger partial charge in [-0.05, 0) is 74.4 Å². The third-order valence-electron chi connectivity index (χ3n) is 5.79. The second kappa shape index (κ2) is 7.27. The van der Waals surface area contributed by atoms with E-state index in [2.05, 4.69) is 11.8 Å². The fraction of sp³-hybridized carbons (Fsp3) is 0.333. The predicted octanol–water partition coefficient (Wildman–Crippen LogP) is 4.38. The van der Waals surface area contributed by atoms with Crippen molar-refractivity contribution in [3.8, 4) is 0 Å². The second-order valence-corrected chi connectivity index (χ2v) is 7.86. The standard InChI is InChI=1S/C24H26N2O2/c1-16-8-7-9-20(14-16)26-23(27)21(19-11-10-17(2)18(3)15-19)22(24(26)28)25-12-5-4-6-13-25/h7-11,14-15H,4-6,12-13H2,1-3H3. The summed E-state index contributed by atoms with van der Waals surface area (Å²) in [5.41, 5.74) is 5.90. The first kappa shape index (κ1) is 18.5. The zero-order valence-electron chi connectivity index (χ0n) is 16.8. The fourth-order valence-electron chi connectivity index (χ4n) is 4.09. The Morgan fingerprint density at radius 1 is 0.786 bits per heavy atom. The Morgan fingerprint density at radius 2 is 1.54 bits per heavy atom. The molecule has 2 heterocycles. The number of rotatable bonds is 3. The molecule has 4 heteroatoms. The van der Waals surface area contributed by atoms with E-state index < -0.39 is 0 Å². The highest BCUT2D eigenvalue weighted by Crippen LogP contribution is 2.36. The fourth-order valence-corrected chi connectivity index (χ4v) is 4.09. The summed E-state index contributed by atoms with van der Waals surface area (Å²) in [6.07, 6.45) is 3.28. The van der Waals surface area contributed by atoms with E-state index in [4.69, 9.17) is 0 Å². The van der Waals surface area contributed by atoms with E-state index >= 15 is 0 Å². The van der Waals surface area contributed by atoms with Crippen LogP contribution >= 0.6 is 0 Å². The van der Waals surface area contributed by atoms with Crippen LogP contribution in [0.3, 0.4) is 0 Å². The maximum Gasteiger partial charge on any atom is 0.282 e. The summed E-state index contributed by atoms with van der Waals surface area (Å²) in [4.78, 5) is 30.4. The lowest BCUT2D eigenvalue weighted by Crippen LogP contribution is -2.37. The van der Waals surface area contributed by atoms with Gasteiger partial charge in [-0.25, -0.2) is 4.90 Å². The minimum absolute atomic E-state index is 0.203. The van der Waals surface area contributed by atoms with Crippen LogP contribution in [0, 0.1) is 20.8 Å². The van der Waals surface area contributed by atoms with Gasteiger partial charge in [0.1, 0.15) is 5.70 Å². The zero-order valence-corrected chi connectivity index (χ0v) is 16.8. The van der Waals surface area contributed by atoms with E-state index in [1.54, 1.807) is 0 Å². The molecule has 0 saturated carbocycles. The number of hydrogen-bond acceptors (Lipinski definition) is 3. The monoisotopic (exact) mass is 374 g/mol. The Kier molecular flexibility index (Phi) is 4.80. The average molecular weight is 374 g/mol. The van der Waals surface area contributed by atoms with Gasteiger partial charge in [0.2, 0.25) is 0 Å². The van der Waals surface area contributed by atoms with Crippen LogP contribution in [0.25, 0.3) is 5.57 Å². The smallest absolute Gasteiger partial charge is 0.282 e. The van der Waals surface area contributed by atoms with Crippen LogP contribution in [-0.4, -0.2) is 29.8 Å². The molecule has 1 fully saturated rings. The molecule has 0 radical (unpaired) electrons. The van der Waals surface area contributed by atoms with Crippen molar-refractivity contribution < 1.29 is 9.59 Å². The molecule has 0 bridgehead atoms. The number of aryl methyl sites for hydroxylation is 3. The summed E-state index contributed by atoms with van der Waals surface area (Å²) in [5.74, 6) is -0.426.